The van der Waals surface area contributed by atoms with E-state index in [0.29, 0.717) is 12.5 Å². The maximum Gasteiger partial charge on any atom is 0.309 e. The summed E-state index contributed by atoms with van der Waals surface area (Å²) in [7, 11) is 0. The predicted molar refractivity (Wildman–Crippen MR) is 65.6 cm³/mol. The van der Waals surface area contributed by atoms with Gasteiger partial charge < -0.3 is 9.64 Å². The van der Waals surface area contributed by atoms with Gasteiger partial charge in [0.2, 0.25) is 5.91 Å². The minimum Gasteiger partial charge on any atom is -0.466 e. The lowest BCUT2D eigenvalue weighted by Gasteiger charge is -2.54. The lowest BCUT2D eigenvalue weighted by Crippen LogP contribution is -2.63. The van der Waals surface area contributed by atoms with E-state index in [-0.39, 0.29) is 29.8 Å². The highest BCUT2D eigenvalue weighted by atomic mass is 16.5. The molecule has 1 saturated carbocycles. The molecule has 1 amide bonds. The van der Waals surface area contributed by atoms with Crippen molar-refractivity contribution in [2.24, 2.45) is 17.8 Å². The lowest BCUT2D eigenvalue weighted by atomic mass is 9.58. The van der Waals surface area contributed by atoms with Crippen LogP contribution in [0, 0.1) is 17.8 Å². The molecule has 4 heteroatoms. The molecule has 0 aromatic heterocycles. The standard InChI is InChI=1S/C14H19NO3/c1-2-18-14(17)12-9-5-3-4-8-15-11(16)7-6-10(12)13(9)15/h6-7,9-10,12-13H,2-5,8H2,1H3/t9-,10+,12-,13-/m0/s1. The molecule has 4 atom stereocenters. The minimum absolute atomic E-state index is 0.0279. The maximum atomic E-state index is 12.0. The van der Waals surface area contributed by atoms with Crippen molar-refractivity contribution in [1.29, 1.82) is 0 Å². The molecule has 1 saturated heterocycles. The minimum atomic E-state index is -0.0791. The molecule has 0 spiro atoms. The van der Waals surface area contributed by atoms with Crippen LogP contribution >= 0.6 is 0 Å². The molecule has 0 unspecified atom stereocenters. The molecule has 0 aromatic rings. The van der Waals surface area contributed by atoms with Gasteiger partial charge in [-0.25, -0.2) is 0 Å². The monoisotopic (exact) mass is 249 g/mol. The first-order valence-corrected chi connectivity index (χ1v) is 6.89. The van der Waals surface area contributed by atoms with Crippen molar-refractivity contribution in [3.63, 3.8) is 0 Å². The van der Waals surface area contributed by atoms with Crippen LogP contribution in [-0.2, 0) is 14.3 Å². The number of ether oxygens (including phenoxy) is 1. The third-order valence-corrected chi connectivity index (χ3v) is 4.56. The molecule has 18 heavy (non-hydrogen) atoms. The van der Waals surface area contributed by atoms with E-state index in [1.54, 1.807) is 6.08 Å². The molecule has 2 heterocycles. The van der Waals surface area contributed by atoms with E-state index in [1.165, 1.54) is 0 Å². The molecule has 3 aliphatic rings. The van der Waals surface area contributed by atoms with Crippen LogP contribution in [0.1, 0.15) is 26.2 Å². The van der Waals surface area contributed by atoms with Gasteiger partial charge in [0, 0.05) is 18.5 Å². The maximum absolute atomic E-state index is 12.0. The highest BCUT2D eigenvalue weighted by molar-refractivity contribution is 5.90. The second-order valence-electron chi connectivity index (χ2n) is 5.40. The number of esters is 1. The first-order chi connectivity index (χ1) is 8.74. The van der Waals surface area contributed by atoms with Crippen molar-refractivity contribution in [3.8, 4) is 0 Å². The second kappa shape index (κ2) is 4.41. The Kier molecular flexibility index (Phi) is 2.88. The Labute approximate surface area is 107 Å². The summed E-state index contributed by atoms with van der Waals surface area (Å²) in [5, 5.41) is 0. The van der Waals surface area contributed by atoms with E-state index >= 15 is 0 Å². The molecule has 1 aliphatic carbocycles. The molecule has 0 bridgehead atoms. The van der Waals surface area contributed by atoms with Crippen LogP contribution < -0.4 is 0 Å². The molecule has 98 valence electrons. The number of carbonyl (C=O) groups is 2. The summed E-state index contributed by atoms with van der Waals surface area (Å²) >= 11 is 0. The van der Waals surface area contributed by atoms with Gasteiger partial charge in [0.15, 0.2) is 0 Å². The summed E-state index contributed by atoms with van der Waals surface area (Å²) in [5.41, 5.74) is 0. The van der Waals surface area contributed by atoms with Crippen molar-refractivity contribution in [2.75, 3.05) is 13.2 Å². The van der Waals surface area contributed by atoms with Crippen molar-refractivity contribution < 1.29 is 14.3 Å². The zero-order chi connectivity index (χ0) is 12.7. The summed E-state index contributed by atoms with van der Waals surface area (Å²) < 4.78 is 5.18. The van der Waals surface area contributed by atoms with Gasteiger partial charge in [-0.15, -0.1) is 0 Å². The van der Waals surface area contributed by atoms with Crippen molar-refractivity contribution in [3.05, 3.63) is 12.2 Å². The molecule has 3 rings (SSSR count). The van der Waals surface area contributed by atoms with Crippen LogP contribution in [0.25, 0.3) is 0 Å². The topological polar surface area (TPSA) is 46.6 Å². The van der Waals surface area contributed by atoms with Gasteiger partial charge >= 0.3 is 5.97 Å². The first-order valence-electron chi connectivity index (χ1n) is 6.89. The Morgan fingerprint density at radius 3 is 3.11 bits per heavy atom. The molecule has 0 aromatic carbocycles. The summed E-state index contributed by atoms with van der Waals surface area (Å²) in [4.78, 5) is 25.9. The zero-order valence-corrected chi connectivity index (χ0v) is 10.7. The normalized spacial score (nSPS) is 37.6. The Morgan fingerprint density at radius 2 is 2.33 bits per heavy atom. The van der Waals surface area contributed by atoms with Crippen LogP contribution in [0.3, 0.4) is 0 Å². The fourth-order valence-electron chi connectivity index (χ4n) is 3.80. The third kappa shape index (κ3) is 1.58. The third-order valence-electron chi connectivity index (χ3n) is 4.56. The van der Waals surface area contributed by atoms with Crippen molar-refractivity contribution >= 4 is 11.9 Å². The SMILES string of the molecule is CCOC(=O)[C@@H]1[C@H]2C=CC(=O)N3CCCC[C@@H]1[C@@H]23. The largest absolute Gasteiger partial charge is 0.466 e. The fraction of sp³-hybridized carbons (Fsp3) is 0.714. The summed E-state index contributed by atoms with van der Waals surface area (Å²) in [6, 6.07) is 0.249. The predicted octanol–water partition coefficient (Wildman–Crippen LogP) is 1.36. The molecular weight excluding hydrogens is 230 g/mol. The van der Waals surface area contributed by atoms with E-state index in [2.05, 4.69) is 0 Å². The lowest BCUT2D eigenvalue weighted by molar-refractivity contribution is -0.168. The van der Waals surface area contributed by atoms with Gasteiger partial charge in [-0.3, -0.25) is 9.59 Å². The Bertz CT molecular complexity index is 404. The molecule has 2 aliphatic heterocycles. The molecule has 4 nitrogen and oxygen atoms in total. The second-order valence-corrected chi connectivity index (χ2v) is 5.40. The highest BCUT2D eigenvalue weighted by Gasteiger charge is 2.57. The zero-order valence-electron chi connectivity index (χ0n) is 10.7. The van der Waals surface area contributed by atoms with Crippen LogP contribution in [0.4, 0.5) is 0 Å². The van der Waals surface area contributed by atoms with Crippen LogP contribution in [-0.4, -0.2) is 36.0 Å². The van der Waals surface area contributed by atoms with Gasteiger partial charge in [0.1, 0.15) is 0 Å². The first kappa shape index (κ1) is 11.8. The summed E-state index contributed by atoms with van der Waals surface area (Å²) in [6.45, 7) is 3.12. The number of hydrogen-bond acceptors (Lipinski definition) is 3. The Hall–Kier alpha value is -1.32. The molecular formula is C14H19NO3. The average Bonchev–Trinajstić information content (AvgIpc) is 2.52. The quantitative estimate of drug-likeness (QED) is 0.694. The number of rotatable bonds is 2. The Balaban J connectivity index is 1.86. The van der Waals surface area contributed by atoms with Gasteiger partial charge in [0.25, 0.3) is 0 Å². The van der Waals surface area contributed by atoms with Gasteiger partial charge in [-0.05, 0) is 31.8 Å². The van der Waals surface area contributed by atoms with Crippen LogP contribution in [0.5, 0.6) is 0 Å². The highest BCUT2D eigenvalue weighted by Crippen LogP contribution is 2.50. The van der Waals surface area contributed by atoms with E-state index in [4.69, 9.17) is 4.74 Å². The van der Waals surface area contributed by atoms with Gasteiger partial charge in [-0.2, -0.15) is 0 Å². The number of nitrogens with zero attached hydrogens (tertiary/aromatic N) is 1. The van der Waals surface area contributed by atoms with Crippen LogP contribution in [0.15, 0.2) is 12.2 Å². The van der Waals surface area contributed by atoms with E-state index in [0.717, 1.165) is 25.8 Å². The average molecular weight is 249 g/mol. The van der Waals surface area contributed by atoms with Gasteiger partial charge in [0.05, 0.1) is 12.5 Å². The summed E-state index contributed by atoms with van der Waals surface area (Å²) in [6.07, 6.45) is 6.76. The summed E-state index contributed by atoms with van der Waals surface area (Å²) in [5.74, 6) is 0.505. The van der Waals surface area contributed by atoms with Gasteiger partial charge in [-0.1, -0.05) is 12.5 Å². The van der Waals surface area contributed by atoms with E-state index in [1.807, 2.05) is 17.9 Å². The van der Waals surface area contributed by atoms with Crippen LogP contribution in [0.2, 0.25) is 0 Å². The number of carbonyl (C=O) groups excluding carboxylic acids is 2. The Morgan fingerprint density at radius 1 is 1.50 bits per heavy atom. The fourth-order valence-corrected chi connectivity index (χ4v) is 3.80. The smallest absolute Gasteiger partial charge is 0.309 e. The van der Waals surface area contributed by atoms with Crippen molar-refractivity contribution in [1.82, 2.24) is 4.90 Å². The molecule has 2 fully saturated rings. The molecule has 0 radical (unpaired) electrons. The van der Waals surface area contributed by atoms with Crippen molar-refractivity contribution in [2.45, 2.75) is 32.2 Å². The van der Waals surface area contributed by atoms with E-state index in [9.17, 15) is 9.59 Å². The van der Waals surface area contributed by atoms with E-state index < -0.39 is 0 Å². The number of hydrogen-bond donors (Lipinski definition) is 0. The number of amides is 1. The molecule has 0 N–H and O–H groups in total.